The number of hydrogen-bond donors (Lipinski definition) is 0. The van der Waals surface area contributed by atoms with Gasteiger partial charge in [0.15, 0.2) is 0 Å². The number of hydrogen-bond acceptors (Lipinski definition) is 1. The van der Waals surface area contributed by atoms with Crippen LogP contribution in [0.1, 0.15) is 32.1 Å². The Kier molecular flexibility index (Phi) is 5.08. The Hall–Kier alpha value is -0.0262. The van der Waals surface area contributed by atoms with Gasteiger partial charge < -0.3 is 4.43 Å². The summed E-state index contributed by atoms with van der Waals surface area (Å²) in [7, 11) is -2.75. The molecule has 0 bridgehead atoms. The van der Waals surface area contributed by atoms with Gasteiger partial charge in [-0.1, -0.05) is 45.0 Å². The molecule has 0 aromatic carbocycles. The maximum Gasteiger partial charge on any atom is 0.241 e. The molecule has 0 aromatic rings. The van der Waals surface area contributed by atoms with E-state index < -0.39 is 16.4 Å². The van der Waals surface area contributed by atoms with Gasteiger partial charge in [-0.3, -0.25) is 0 Å². The zero-order valence-electron chi connectivity index (χ0n) is 12.6. The lowest BCUT2D eigenvalue weighted by Crippen LogP contribution is -2.35. The van der Waals surface area contributed by atoms with Crippen LogP contribution < -0.4 is 0 Å². The highest BCUT2D eigenvalue weighted by Crippen LogP contribution is 2.29. The molecular weight excluding hydrogens is 240 g/mol. The SMILES string of the molecule is C[Si](C)(C)O/C(=C\C1CCCCC1)[Si](C)(C)C. The van der Waals surface area contributed by atoms with Crippen molar-refractivity contribution in [2.75, 3.05) is 0 Å². The van der Waals surface area contributed by atoms with E-state index in [0.717, 1.165) is 5.92 Å². The van der Waals surface area contributed by atoms with Crippen molar-refractivity contribution in [1.29, 1.82) is 0 Å². The molecule has 0 aliphatic heterocycles. The van der Waals surface area contributed by atoms with Gasteiger partial charge in [0, 0.05) is 0 Å². The normalized spacial score (nSPS) is 20.5. The average Bonchev–Trinajstić information content (AvgIpc) is 2.15. The Morgan fingerprint density at radius 1 is 0.941 bits per heavy atom. The van der Waals surface area contributed by atoms with Gasteiger partial charge >= 0.3 is 0 Å². The number of rotatable bonds is 4. The van der Waals surface area contributed by atoms with Crippen molar-refractivity contribution in [3.8, 4) is 0 Å². The molecular formula is C14H30OSi2. The van der Waals surface area contributed by atoms with E-state index >= 15 is 0 Å². The molecule has 17 heavy (non-hydrogen) atoms. The predicted molar refractivity (Wildman–Crippen MR) is 82.4 cm³/mol. The lowest BCUT2D eigenvalue weighted by molar-refractivity contribution is 0.396. The molecule has 0 amide bonds. The third-order valence-electron chi connectivity index (χ3n) is 3.19. The minimum atomic E-state index is -1.45. The summed E-state index contributed by atoms with van der Waals surface area (Å²) < 4.78 is 6.37. The van der Waals surface area contributed by atoms with Gasteiger partial charge in [0.1, 0.15) is 8.07 Å². The Labute approximate surface area is 110 Å². The molecule has 1 fully saturated rings. The summed E-state index contributed by atoms with van der Waals surface area (Å²) in [5.41, 5.74) is 0. The van der Waals surface area contributed by atoms with Crippen molar-refractivity contribution >= 4 is 16.4 Å². The van der Waals surface area contributed by atoms with Crippen LogP contribution in [0.4, 0.5) is 0 Å². The summed E-state index contributed by atoms with van der Waals surface area (Å²) in [5, 5.41) is 1.38. The first-order valence-corrected chi connectivity index (χ1v) is 14.0. The first-order valence-electron chi connectivity index (χ1n) is 7.10. The standard InChI is InChI=1S/C14H30OSi2/c1-16(2,3)14(15-17(4,5)6)12-13-10-8-7-9-11-13/h12-13H,7-11H2,1-6H3/b14-12+. The second-order valence-electron chi connectivity index (χ2n) is 7.39. The van der Waals surface area contributed by atoms with Crippen LogP contribution in [-0.4, -0.2) is 16.4 Å². The van der Waals surface area contributed by atoms with Crippen LogP contribution in [0.2, 0.25) is 39.3 Å². The Balaban J connectivity index is 2.78. The lowest BCUT2D eigenvalue weighted by Gasteiger charge is -2.31. The molecule has 0 atom stereocenters. The minimum Gasteiger partial charge on any atom is -0.552 e. The largest absolute Gasteiger partial charge is 0.552 e. The summed E-state index contributed by atoms with van der Waals surface area (Å²) in [5.74, 6) is 0.793. The Morgan fingerprint density at radius 3 is 1.88 bits per heavy atom. The topological polar surface area (TPSA) is 9.23 Å². The van der Waals surface area contributed by atoms with Gasteiger partial charge in [0.05, 0.1) is 5.38 Å². The molecule has 100 valence electrons. The number of allylic oxidation sites excluding steroid dienone is 1. The third kappa shape index (κ3) is 5.91. The van der Waals surface area contributed by atoms with Gasteiger partial charge in [-0.25, -0.2) is 0 Å². The summed E-state index contributed by atoms with van der Waals surface area (Å²) >= 11 is 0. The molecule has 0 unspecified atom stereocenters. The van der Waals surface area contributed by atoms with Crippen LogP contribution in [0.3, 0.4) is 0 Å². The van der Waals surface area contributed by atoms with Crippen molar-refractivity contribution in [3.05, 3.63) is 11.5 Å². The molecule has 0 saturated heterocycles. The van der Waals surface area contributed by atoms with Gasteiger partial charge in [-0.2, -0.15) is 0 Å². The zero-order valence-corrected chi connectivity index (χ0v) is 14.6. The monoisotopic (exact) mass is 270 g/mol. The summed E-state index contributed by atoms with van der Waals surface area (Å²) in [6.45, 7) is 14.1. The minimum absolute atomic E-state index is 0.793. The Bertz CT molecular complexity index is 265. The fraction of sp³-hybridized carbons (Fsp3) is 0.857. The van der Waals surface area contributed by atoms with E-state index in [9.17, 15) is 0 Å². The van der Waals surface area contributed by atoms with Crippen LogP contribution >= 0.6 is 0 Å². The van der Waals surface area contributed by atoms with Crippen LogP contribution in [0.25, 0.3) is 0 Å². The molecule has 0 spiro atoms. The maximum absolute atomic E-state index is 6.37. The van der Waals surface area contributed by atoms with Crippen LogP contribution in [0.15, 0.2) is 11.5 Å². The van der Waals surface area contributed by atoms with Gasteiger partial charge in [0.2, 0.25) is 8.32 Å². The quantitative estimate of drug-likeness (QED) is 0.505. The second-order valence-corrected chi connectivity index (χ2v) is 16.8. The van der Waals surface area contributed by atoms with E-state index in [0.29, 0.717) is 0 Å². The van der Waals surface area contributed by atoms with Gasteiger partial charge in [0.25, 0.3) is 0 Å². The van der Waals surface area contributed by atoms with Crippen molar-refractivity contribution in [2.45, 2.75) is 71.4 Å². The van der Waals surface area contributed by atoms with Crippen molar-refractivity contribution in [1.82, 2.24) is 0 Å². The first-order chi connectivity index (χ1) is 7.68. The van der Waals surface area contributed by atoms with Crippen LogP contribution in [-0.2, 0) is 4.43 Å². The lowest BCUT2D eigenvalue weighted by atomic mass is 9.89. The highest BCUT2D eigenvalue weighted by atomic mass is 28.4. The van der Waals surface area contributed by atoms with Gasteiger partial charge in [-0.05, 0) is 38.4 Å². The van der Waals surface area contributed by atoms with Crippen molar-refractivity contribution in [2.24, 2.45) is 5.92 Å². The molecule has 1 aliphatic carbocycles. The molecule has 0 N–H and O–H groups in total. The summed E-state index contributed by atoms with van der Waals surface area (Å²) in [6.07, 6.45) is 9.51. The van der Waals surface area contributed by atoms with Crippen molar-refractivity contribution < 1.29 is 4.43 Å². The van der Waals surface area contributed by atoms with E-state index in [1.165, 1.54) is 37.5 Å². The fourth-order valence-electron chi connectivity index (χ4n) is 2.28. The maximum atomic E-state index is 6.37. The summed E-state index contributed by atoms with van der Waals surface area (Å²) in [4.78, 5) is 0. The fourth-order valence-corrected chi connectivity index (χ4v) is 5.89. The first kappa shape index (κ1) is 15.0. The smallest absolute Gasteiger partial charge is 0.241 e. The second kappa shape index (κ2) is 5.74. The molecule has 3 heteroatoms. The van der Waals surface area contributed by atoms with E-state index in [-0.39, 0.29) is 0 Å². The van der Waals surface area contributed by atoms with Crippen LogP contribution in [0.5, 0.6) is 0 Å². The highest BCUT2D eigenvalue weighted by Gasteiger charge is 2.28. The van der Waals surface area contributed by atoms with E-state index in [4.69, 9.17) is 4.43 Å². The third-order valence-corrected chi connectivity index (χ3v) is 5.98. The Morgan fingerprint density at radius 2 is 1.47 bits per heavy atom. The molecule has 1 aliphatic rings. The summed E-state index contributed by atoms with van der Waals surface area (Å²) in [6, 6.07) is 0. The van der Waals surface area contributed by atoms with Crippen molar-refractivity contribution in [3.63, 3.8) is 0 Å². The molecule has 1 saturated carbocycles. The molecule has 0 aromatic heterocycles. The predicted octanol–water partition coefficient (Wildman–Crippen LogP) is 5.18. The van der Waals surface area contributed by atoms with E-state index in [1.54, 1.807) is 0 Å². The average molecular weight is 271 g/mol. The highest BCUT2D eigenvalue weighted by molar-refractivity contribution is 6.84. The van der Waals surface area contributed by atoms with E-state index in [1.807, 2.05) is 0 Å². The molecule has 0 radical (unpaired) electrons. The zero-order chi connectivity index (χ0) is 13.1. The molecule has 1 rings (SSSR count). The van der Waals surface area contributed by atoms with E-state index in [2.05, 4.69) is 45.4 Å². The van der Waals surface area contributed by atoms with Crippen LogP contribution in [0, 0.1) is 5.92 Å². The van der Waals surface area contributed by atoms with Gasteiger partial charge in [-0.15, -0.1) is 0 Å². The molecule has 1 nitrogen and oxygen atoms in total. The molecule has 0 heterocycles.